The Balaban J connectivity index is 1.54. The van der Waals surface area contributed by atoms with Crippen LogP contribution in [0.1, 0.15) is 38.5 Å². The van der Waals surface area contributed by atoms with Gasteiger partial charge in [0.2, 0.25) is 0 Å². The highest BCUT2D eigenvalue weighted by molar-refractivity contribution is 7.52. The summed E-state index contributed by atoms with van der Waals surface area (Å²) < 4.78 is 24.6. The molecule has 0 saturated heterocycles. The van der Waals surface area contributed by atoms with Gasteiger partial charge in [0.1, 0.15) is 5.75 Å². The van der Waals surface area contributed by atoms with Crippen LogP contribution in [-0.2, 0) is 9.09 Å². The lowest BCUT2D eigenvalue weighted by molar-refractivity contribution is -0.111. The minimum Gasteiger partial charge on any atom is -0.412 e. The molecule has 0 aromatic heterocycles. The van der Waals surface area contributed by atoms with Crippen molar-refractivity contribution in [1.82, 2.24) is 5.20 Å². The van der Waals surface area contributed by atoms with Gasteiger partial charge in [0.15, 0.2) is 0 Å². The highest BCUT2D eigenvalue weighted by atomic mass is 31.2. The maximum Gasteiger partial charge on any atom is 0.472 e. The van der Waals surface area contributed by atoms with Crippen LogP contribution < -0.4 is 15.6 Å². The van der Waals surface area contributed by atoms with Gasteiger partial charge in [-0.15, -0.1) is 0 Å². The molecule has 4 saturated carbocycles. The number of para-hydroxylation sites is 1. The lowest BCUT2D eigenvalue weighted by Crippen LogP contribution is -2.52. The molecule has 4 fully saturated rings. The number of rotatable bonds is 5. The second-order valence-electron chi connectivity index (χ2n) is 7.22. The van der Waals surface area contributed by atoms with Gasteiger partial charge in [0, 0.05) is 0 Å². The molecule has 5 rings (SSSR count). The van der Waals surface area contributed by atoms with Gasteiger partial charge in [0.25, 0.3) is 0 Å². The summed E-state index contributed by atoms with van der Waals surface area (Å²) in [5.74, 6) is 8.18. The largest absolute Gasteiger partial charge is 0.472 e. The molecule has 4 aliphatic rings. The van der Waals surface area contributed by atoms with Crippen LogP contribution in [0.4, 0.5) is 0 Å². The first-order valence-corrected chi connectivity index (χ1v) is 9.66. The van der Waals surface area contributed by atoms with Crippen molar-refractivity contribution < 1.29 is 13.6 Å². The topological polar surface area (TPSA) is 73.6 Å². The van der Waals surface area contributed by atoms with Gasteiger partial charge in [-0.3, -0.25) is 10.4 Å². The van der Waals surface area contributed by atoms with Crippen molar-refractivity contribution in [2.45, 2.75) is 44.1 Å². The third kappa shape index (κ3) is 2.71. The Bertz CT molecular complexity index is 557. The summed E-state index contributed by atoms with van der Waals surface area (Å²) >= 11 is 0. The van der Waals surface area contributed by atoms with Gasteiger partial charge < -0.3 is 4.52 Å². The van der Waals surface area contributed by atoms with E-state index in [1.54, 1.807) is 12.1 Å². The minimum absolute atomic E-state index is 0.314. The van der Waals surface area contributed by atoms with E-state index in [1.807, 2.05) is 18.2 Å². The number of benzene rings is 1. The predicted molar refractivity (Wildman–Crippen MR) is 84.0 cm³/mol. The number of nitrogens with one attached hydrogen (secondary N) is 1. The highest BCUT2D eigenvalue weighted by Crippen LogP contribution is 2.61. The quantitative estimate of drug-likeness (QED) is 0.492. The number of hydrazine groups is 1. The molecule has 0 radical (unpaired) electrons. The monoisotopic (exact) mass is 322 g/mol. The van der Waals surface area contributed by atoms with Crippen LogP contribution in [0.5, 0.6) is 5.75 Å². The third-order valence-corrected chi connectivity index (χ3v) is 6.82. The fourth-order valence-corrected chi connectivity index (χ4v) is 6.36. The smallest absolute Gasteiger partial charge is 0.412 e. The zero-order valence-electron chi connectivity index (χ0n) is 12.6. The van der Waals surface area contributed by atoms with Crippen molar-refractivity contribution in [3.63, 3.8) is 0 Å². The molecule has 0 spiro atoms. The SMILES string of the molecule is NN[P@@](=O)(Oc1ccccc1)OC12CC3CC(CC(C3)C1)C2. The Hall–Kier alpha value is -0.870. The van der Waals surface area contributed by atoms with Crippen LogP contribution >= 0.6 is 7.75 Å². The van der Waals surface area contributed by atoms with E-state index in [1.165, 1.54) is 19.3 Å². The molecule has 1 aromatic carbocycles. The molecule has 6 heteroatoms. The first-order chi connectivity index (χ1) is 10.6. The van der Waals surface area contributed by atoms with E-state index in [-0.39, 0.29) is 5.60 Å². The van der Waals surface area contributed by atoms with Crippen molar-refractivity contribution in [3.05, 3.63) is 30.3 Å². The summed E-state index contributed by atoms with van der Waals surface area (Å²) in [6.07, 6.45) is 6.89. The molecule has 1 atom stereocenters. The Morgan fingerprint density at radius 1 is 1.05 bits per heavy atom. The Labute approximate surface area is 131 Å². The molecule has 4 bridgehead atoms. The van der Waals surface area contributed by atoms with Crippen molar-refractivity contribution in [1.29, 1.82) is 0 Å². The van der Waals surface area contributed by atoms with Crippen LogP contribution in [0.2, 0.25) is 0 Å². The van der Waals surface area contributed by atoms with E-state index in [2.05, 4.69) is 5.20 Å². The average Bonchev–Trinajstić information content (AvgIpc) is 2.46. The average molecular weight is 322 g/mol. The maximum absolute atomic E-state index is 13.0. The molecule has 22 heavy (non-hydrogen) atoms. The Kier molecular flexibility index (Phi) is 3.57. The Morgan fingerprint density at radius 3 is 2.09 bits per heavy atom. The summed E-state index contributed by atoms with van der Waals surface area (Å²) in [6, 6.07) is 9.06. The summed E-state index contributed by atoms with van der Waals surface area (Å²) in [7, 11) is -3.54. The van der Waals surface area contributed by atoms with Crippen LogP contribution in [0.3, 0.4) is 0 Å². The second kappa shape index (κ2) is 5.34. The fourth-order valence-electron chi connectivity index (χ4n) is 5.09. The molecule has 4 aliphatic carbocycles. The molecule has 0 aliphatic heterocycles. The molecule has 120 valence electrons. The fraction of sp³-hybridized carbons (Fsp3) is 0.625. The first-order valence-electron chi connectivity index (χ1n) is 8.11. The maximum atomic E-state index is 13.0. The van der Waals surface area contributed by atoms with E-state index in [0.717, 1.165) is 19.3 Å². The Morgan fingerprint density at radius 2 is 1.59 bits per heavy atom. The zero-order chi connectivity index (χ0) is 15.2. The number of nitrogens with two attached hydrogens (primary N) is 1. The van der Waals surface area contributed by atoms with E-state index in [0.29, 0.717) is 23.5 Å². The zero-order valence-corrected chi connectivity index (χ0v) is 13.5. The van der Waals surface area contributed by atoms with Crippen LogP contribution in [-0.4, -0.2) is 5.60 Å². The van der Waals surface area contributed by atoms with Crippen molar-refractivity contribution >= 4 is 7.75 Å². The van der Waals surface area contributed by atoms with Gasteiger partial charge in [-0.2, -0.15) is 5.20 Å². The minimum atomic E-state index is -3.54. The van der Waals surface area contributed by atoms with Gasteiger partial charge in [-0.1, -0.05) is 18.2 Å². The van der Waals surface area contributed by atoms with Gasteiger partial charge in [-0.25, -0.2) is 4.57 Å². The predicted octanol–water partition coefficient (Wildman–Crippen LogP) is 3.62. The van der Waals surface area contributed by atoms with E-state index < -0.39 is 7.75 Å². The second-order valence-corrected chi connectivity index (χ2v) is 8.84. The lowest BCUT2D eigenvalue weighted by atomic mass is 9.54. The van der Waals surface area contributed by atoms with Crippen LogP contribution in [0.15, 0.2) is 30.3 Å². The molecule has 0 heterocycles. The molecule has 1 aromatic rings. The van der Waals surface area contributed by atoms with Crippen LogP contribution in [0.25, 0.3) is 0 Å². The normalized spacial score (nSPS) is 38.7. The summed E-state index contributed by atoms with van der Waals surface area (Å²) in [6.45, 7) is 0. The number of hydrogen-bond acceptors (Lipinski definition) is 4. The van der Waals surface area contributed by atoms with Gasteiger partial charge in [-0.05, 0) is 68.4 Å². The molecule has 0 unspecified atom stereocenters. The molecule has 3 N–H and O–H groups in total. The van der Waals surface area contributed by atoms with Crippen molar-refractivity contribution in [2.24, 2.45) is 23.6 Å². The van der Waals surface area contributed by atoms with E-state index in [9.17, 15) is 4.57 Å². The molecular formula is C16H23N2O3P. The first kappa shape index (κ1) is 14.7. The van der Waals surface area contributed by atoms with E-state index >= 15 is 0 Å². The van der Waals surface area contributed by atoms with Crippen LogP contribution in [0, 0.1) is 17.8 Å². The summed E-state index contributed by atoms with van der Waals surface area (Å²) in [5, 5.41) is 2.31. The number of hydrogen-bond donors (Lipinski definition) is 2. The van der Waals surface area contributed by atoms with Crippen molar-refractivity contribution in [3.8, 4) is 5.75 Å². The van der Waals surface area contributed by atoms with Gasteiger partial charge in [0.05, 0.1) is 5.60 Å². The molecule has 5 nitrogen and oxygen atoms in total. The standard InChI is InChI=1S/C16H23N2O3P/c17-18-22(19,20-15-4-2-1-3-5-15)21-16-9-12-6-13(10-16)8-14(7-12)11-16/h1-5,12-14H,6-11,17H2,(H,18,19)/t12?,13?,14?,16?,22-/m1/s1. The molecular weight excluding hydrogens is 299 g/mol. The molecule has 0 amide bonds. The van der Waals surface area contributed by atoms with Gasteiger partial charge >= 0.3 is 7.75 Å². The van der Waals surface area contributed by atoms with E-state index in [4.69, 9.17) is 14.9 Å². The summed E-state index contributed by atoms with van der Waals surface area (Å²) in [4.78, 5) is 0. The summed E-state index contributed by atoms with van der Waals surface area (Å²) in [5.41, 5.74) is -0.314. The third-order valence-electron chi connectivity index (χ3n) is 5.42. The van der Waals surface area contributed by atoms with Crippen molar-refractivity contribution in [2.75, 3.05) is 0 Å². The lowest BCUT2D eigenvalue weighted by Gasteiger charge is -2.56. The highest BCUT2D eigenvalue weighted by Gasteiger charge is 2.54.